The number of amides is 1. The highest BCUT2D eigenvalue weighted by Crippen LogP contribution is 2.34. The standard InChI is InChI=1S/C25H26N4O/c1-18(19-9-5-4-6-10-19)27-24-26-16-14-22(28-24)29(3)23(30)25(2)15-13-20-11-7-8-12-21(20)17-25/h4-16,18H,17H2,1-3H3,(H,26,27,28)/t18-,25?/m0/s1. The van der Waals surface area contributed by atoms with Crippen LogP contribution in [-0.4, -0.2) is 22.9 Å². The van der Waals surface area contributed by atoms with Crippen LogP contribution in [0, 0.1) is 5.41 Å². The monoisotopic (exact) mass is 398 g/mol. The van der Waals surface area contributed by atoms with Gasteiger partial charge >= 0.3 is 0 Å². The first-order chi connectivity index (χ1) is 14.5. The molecule has 3 aromatic rings. The summed E-state index contributed by atoms with van der Waals surface area (Å²) in [5, 5.41) is 3.32. The Labute approximate surface area is 177 Å². The largest absolute Gasteiger partial charge is 0.348 e. The SMILES string of the molecule is C[C@H](Nc1nccc(N(C)C(=O)C2(C)C=Cc3ccccc3C2)n1)c1ccccc1. The number of carbonyl (C=O) groups is 1. The van der Waals surface area contributed by atoms with Crippen LogP contribution < -0.4 is 10.2 Å². The molecule has 5 nitrogen and oxygen atoms in total. The van der Waals surface area contributed by atoms with Gasteiger partial charge in [-0.3, -0.25) is 9.69 Å². The van der Waals surface area contributed by atoms with E-state index in [9.17, 15) is 4.79 Å². The van der Waals surface area contributed by atoms with Gasteiger partial charge < -0.3 is 5.32 Å². The molecule has 1 heterocycles. The van der Waals surface area contributed by atoms with E-state index >= 15 is 0 Å². The van der Waals surface area contributed by atoms with Gasteiger partial charge in [0.05, 0.1) is 11.5 Å². The predicted octanol–water partition coefficient (Wildman–Crippen LogP) is 4.89. The van der Waals surface area contributed by atoms with Gasteiger partial charge in [0.1, 0.15) is 5.82 Å². The Morgan fingerprint density at radius 3 is 2.63 bits per heavy atom. The fraction of sp³-hybridized carbons (Fsp3) is 0.240. The molecule has 152 valence electrons. The van der Waals surface area contributed by atoms with Gasteiger partial charge in [-0.25, -0.2) is 4.98 Å². The summed E-state index contributed by atoms with van der Waals surface area (Å²) in [7, 11) is 1.77. The molecule has 2 aromatic carbocycles. The predicted molar refractivity (Wildman–Crippen MR) is 121 cm³/mol. The highest BCUT2D eigenvalue weighted by molar-refractivity contribution is 5.98. The minimum atomic E-state index is -0.612. The van der Waals surface area contributed by atoms with Crippen molar-refractivity contribution in [2.24, 2.45) is 5.41 Å². The van der Waals surface area contributed by atoms with Crippen LogP contribution in [0.1, 0.15) is 36.6 Å². The van der Waals surface area contributed by atoms with Crippen LogP contribution in [0.4, 0.5) is 11.8 Å². The van der Waals surface area contributed by atoms with Crippen LogP contribution in [0.2, 0.25) is 0 Å². The van der Waals surface area contributed by atoms with Crippen molar-refractivity contribution in [3.05, 3.63) is 89.6 Å². The van der Waals surface area contributed by atoms with Crippen LogP contribution in [0.25, 0.3) is 6.08 Å². The van der Waals surface area contributed by atoms with E-state index in [1.807, 2.05) is 49.4 Å². The normalized spacial score (nSPS) is 18.4. The topological polar surface area (TPSA) is 58.1 Å². The number of carbonyl (C=O) groups excluding carboxylic acids is 1. The van der Waals surface area contributed by atoms with Gasteiger partial charge in [0.2, 0.25) is 11.9 Å². The number of nitrogens with zero attached hydrogens (tertiary/aromatic N) is 3. The molecule has 1 aliphatic rings. The van der Waals surface area contributed by atoms with Gasteiger partial charge in [-0.05, 0) is 43.0 Å². The summed E-state index contributed by atoms with van der Waals surface area (Å²) in [5.41, 5.74) is 2.90. The molecule has 4 rings (SSSR count). The highest BCUT2D eigenvalue weighted by Gasteiger charge is 2.36. The molecule has 1 amide bonds. The maximum atomic E-state index is 13.4. The summed E-state index contributed by atoms with van der Waals surface area (Å²) in [6.45, 7) is 4.04. The summed E-state index contributed by atoms with van der Waals surface area (Å²) in [4.78, 5) is 23.9. The minimum absolute atomic E-state index is 0.00834. The van der Waals surface area contributed by atoms with Crippen molar-refractivity contribution < 1.29 is 4.79 Å². The van der Waals surface area contributed by atoms with E-state index in [1.165, 1.54) is 11.1 Å². The van der Waals surface area contributed by atoms with Gasteiger partial charge in [0, 0.05) is 13.2 Å². The van der Waals surface area contributed by atoms with Gasteiger partial charge in [0.25, 0.3) is 0 Å². The van der Waals surface area contributed by atoms with Crippen molar-refractivity contribution in [1.29, 1.82) is 0 Å². The third-order valence-corrected chi connectivity index (χ3v) is 5.67. The Morgan fingerprint density at radius 1 is 1.10 bits per heavy atom. The zero-order valence-corrected chi connectivity index (χ0v) is 17.5. The van der Waals surface area contributed by atoms with Gasteiger partial charge in [-0.2, -0.15) is 4.98 Å². The van der Waals surface area contributed by atoms with E-state index in [0.717, 1.165) is 5.56 Å². The molecule has 1 N–H and O–H groups in total. The lowest BCUT2D eigenvalue weighted by Gasteiger charge is -2.32. The molecule has 2 atom stereocenters. The van der Waals surface area contributed by atoms with E-state index in [4.69, 9.17) is 0 Å². The number of aromatic nitrogens is 2. The summed E-state index contributed by atoms with van der Waals surface area (Å²) in [6, 6.07) is 20.1. The van der Waals surface area contributed by atoms with Crippen molar-refractivity contribution in [3.8, 4) is 0 Å². The van der Waals surface area contributed by atoms with E-state index in [0.29, 0.717) is 18.2 Å². The van der Waals surface area contributed by atoms with E-state index in [1.54, 1.807) is 24.2 Å². The lowest BCUT2D eigenvalue weighted by atomic mass is 9.77. The first-order valence-corrected chi connectivity index (χ1v) is 10.2. The van der Waals surface area contributed by atoms with E-state index in [2.05, 4.69) is 46.5 Å². The maximum absolute atomic E-state index is 13.4. The molecule has 1 aliphatic carbocycles. The number of rotatable bonds is 5. The molecule has 0 aliphatic heterocycles. The maximum Gasteiger partial charge on any atom is 0.237 e. The summed E-state index contributed by atoms with van der Waals surface area (Å²) in [6.07, 6.45) is 6.40. The number of benzene rings is 2. The Morgan fingerprint density at radius 2 is 1.83 bits per heavy atom. The lowest BCUT2D eigenvalue weighted by Crippen LogP contribution is -2.42. The second-order valence-corrected chi connectivity index (χ2v) is 8.01. The average molecular weight is 399 g/mol. The molecule has 0 fully saturated rings. The van der Waals surface area contributed by atoms with Crippen molar-refractivity contribution in [3.63, 3.8) is 0 Å². The summed E-state index contributed by atoms with van der Waals surface area (Å²) < 4.78 is 0. The van der Waals surface area contributed by atoms with Crippen molar-refractivity contribution in [2.45, 2.75) is 26.3 Å². The molecule has 0 saturated heterocycles. The Bertz CT molecular complexity index is 1080. The number of hydrogen-bond acceptors (Lipinski definition) is 4. The van der Waals surface area contributed by atoms with Crippen molar-refractivity contribution >= 4 is 23.7 Å². The molecule has 1 aromatic heterocycles. The Balaban J connectivity index is 1.52. The van der Waals surface area contributed by atoms with Crippen LogP contribution in [0.3, 0.4) is 0 Å². The zero-order chi connectivity index (χ0) is 21.1. The molecule has 0 bridgehead atoms. The van der Waals surface area contributed by atoms with Crippen LogP contribution in [0.5, 0.6) is 0 Å². The number of nitrogens with one attached hydrogen (secondary N) is 1. The molecule has 0 saturated carbocycles. The van der Waals surface area contributed by atoms with Gasteiger partial charge in [-0.15, -0.1) is 0 Å². The van der Waals surface area contributed by atoms with Crippen LogP contribution in [-0.2, 0) is 11.2 Å². The fourth-order valence-corrected chi connectivity index (χ4v) is 3.84. The van der Waals surface area contributed by atoms with E-state index in [-0.39, 0.29) is 11.9 Å². The molecule has 30 heavy (non-hydrogen) atoms. The molecular formula is C25H26N4O. The Kier molecular flexibility index (Phi) is 5.36. The van der Waals surface area contributed by atoms with Gasteiger partial charge in [-0.1, -0.05) is 66.7 Å². The smallest absolute Gasteiger partial charge is 0.237 e. The minimum Gasteiger partial charge on any atom is -0.348 e. The molecule has 0 spiro atoms. The number of hydrogen-bond donors (Lipinski definition) is 1. The first kappa shape index (κ1) is 19.8. The molecule has 0 radical (unpaired) electrons. The second-order valence-electron chi connectivity index (χ2n) is 8.01. The number of anilines is 2. The first-order valence-electron chi connectivity index (χ1n) is 10.2. The quantitative estimate of drug-likeness (QED) is 0.665. The Hall–Kier alpha value is -3.47. The fourth-order valence-electron chi connectivity index (χ4n) is 3.84. The molecule has 5 heteroatoms. The molecule has 1 unspecified atom stereocenters. The highest BCUT2D eigenvalue weighted by atomic mass is 16.2. The van der Waals surface area contributed by atoms with Crippen LogP contribution >= 0.6 is 0 Å². The zero-order valence-electron chi connectivity index (χ0n) is 17.5. The average Bonchev–Trinajstić information content (AvgIpc) is 2.78. The lowest BCUT2D eigenvalue weighted by molar-refractivity contribution is -0.124. The third-order valence-electron chi connectivity index (χ3n) is 5.67. The second kappa shape index (κ2) is 8.11. The van der Waals surface area contributed by atoms with Crippen molar-refractivity contribution in [1.82, 2.24) is 9.97 Å². The number of fused-ring (bicyclic) bond motifs is 1. The summed E-state index contributed by atoms with van der Waals surface area (Å²) in [5.74, 6) is 1.08. The summed E-state index contributed by atoms with van der Waals surface area (Å²) >= 11 is 0. The van der Waals surface area contributed by atoms with Crippen LogP contribution in [0.15, 0.2) is 72.9 Å². The van der Waals surface area contributed by atoms with Gasteiger partial charge in [0.15, 0.2) is 0 Å². The van der Waals surface area contributed by atoms with Crippen molar-refractivity contribution in [2.75, 3.05) is 17.3 Å². The molecular weight excluding hydrogens is 372 g/mol. The van der Waals surface area contributed by atoms with E-state index < -0.39 is 5.41 Å². The third kappa shape index (κ3) is 3.96.